The minimum atomic E-state index is -4.24. The van der Waals surface area contributed by atoms with E-state index in [1.165, 1.54) is 6.20 Å². The van der Waals surface area contributed by atoms with E-state index in [0.29, 0.717) is 26.1 Å². The summed E-state index contributed by atoms with van der Waals surface area (Å²) in [5, 5.41) is 2.94. The molecule has 4 nitrogen and oxygen atoms in total. The molecule has 1 aromatic heterocycles. The van der Waals surface area contributed by atoms with Gasteiger partial charge in [0.15, 0.2) is 0 Å². The molecule has 1 atom stereocenters. The van der Waals surface area contributed by atoms with Gasteiger partial charge in [-0.2, -0.15) is 13.2 Å². The molecule has 0 aliphatic carbocycles. The highest BCUT2D eigenvalue weighted by Gasteiger charge is 2.41. The molecule has 2 rings (SSSR count). The van der Waals surface area contributed by atoms with Gasteiger partial charge in [0.1, 0.15) is 5.01 Å². The lowest BCUT2D eigenvalue weighted by molar-refractivity contribution is -0.137. The van der Waals surface area contributed by atoms with Gasteiger partial charge in [0, 0.05) is 30.7 Å². The average molecular weight is 335 g/mol. The van der Waals surface area contributed by atoms with Crippen LogP contribution in [0.15, 0.2) is 6.20 Å². The van der Waals surface area contributed by atoms with Crippen molar-refractivity contribution in [3.63, 3.8) is 0 Å². The zero-order valence-corrected chi connectivity index (χ0v) is 13.5. The van der Waals surface area contributed by atoms with Crippen LogP contribution in [0.4, 0.5) is 13.2 Å². The Morgan fingerprint density at radius 3 is 2.86 bits per heavy atom. The Hall–Kier alpha value is -1.15. The van der Waals surface area contributed by atoms with Crippen LogP contribution in [-0.2, 0) is 17.8 Å². The Kier molecular flexibility index (Phi) is 5.11. The van der Waals surface area contributed by atoms with E-state index in [1.54, 1.807) is 0 Å². The Morgan fingerprint density at radius 1 is 1.50 bits per heavy atom. The first kappa shape index (κ1) is 17.2. The van der Waals surface area contributed by atoms with Gasteiger partial charge in [-0.25, -0.2) is 4.98 Å². The molecule has 8 heteroatoms. The molecule has 0 spiro atoms. The van der Waals surface area contributed by atoms with E-state index >= 15 is 0 Å². The van der Waals surface area contributed by atoms with Crippen LogP contribution >= 0.6 is 11.3 Å². The molecule has 0 aromatic carbocycles. The summed E-state index contributed by atoms with van der Waals surface area (Å²) in [4.78, 5) is 18.8. The number of alkyl halides is 3. The van der Waals surface area contributed by atoms with Crippen molar-refractivity contribution in [2.24, 2.45) is 0 Å². The fraction of sp³-hybridized carbons (Fsp3) is 0.714. The number of nitrogens with one attached hydrogen (secondary N) is 1. The summed E-state index contributed by atoms with van der Waals surface area (Å²) in [6.07, 6.45) is -2.17. The molecule has 1 aromatic rings. The number of aromatic nitrogens is 1. The third kappa shape index (κ3) is 3.98. The number of amides is 1. The number of rotatable bonds is 5. The Balaban J connectivity index is 2.09. The van der Waals surface area contributed by atoms with Gasteiger partial charge in [-0.15, -0.1) is 11.3 Å². The van der Waals surface area contributed by atoms with E-state index in [0.717, 1.165) is 22.6 Å². The van der Waals surface area contributed by atoms with Crippen LogP contribution in [0.3, 0.4) is 0 Å². The topological polar surface area (TPSA) is 45.2 Å². The first-order valence-electron chi connectivity index (χ1n) is 7.28. The van der Waals surface area contributed by atoms with Crippen molar-refractivity contribution in [2.75, 3.05) is 13.1 Å². The standard InChI is InChI=1S/C14H20F3N3OS/c1-3-4-13(2)12(21)18-5-6-20(13)9-10-8-19-11(22-10)7-14(15,16)17/h8H,3-7,9H2,1-2H3,(H,18,21). The normalized spacial score (nSPS) is 23.6. The summed E-state index contributed by atoms with van der Waals surface area (Å²) in [5.41, 5.74) is -0.610. The molecule has 1 amide bonds. The highest BCUT2D eigenvalue weighted by atomic mass is 32.1. The zero-order chi connectivity index (χ0) is 16.4. The highest BCUT2D eigenvalue weighted by molar-refractivity contribution is 7.11. The predicted octanol–water partition coefficient (Wildman–Crippen LogP) is 2.74. The van der Waals surface area contributed by atoms with Crippen LogP contribution in [0.1, 0.15) is 36.6 Å². The van der Waals surface area contributed by atoms with Gasteiger partial charge in [-0.1, -0.05) is 13.3 Å². The van der Waals surface area contributed by atoms with Gasteiger partial charge in [-0.05, 0) is 13.3 Å². The summed E-state index contributed by atoms with van der Waals surface area (Å²) in [6, 6.07) is 0. The Morgan fingerprint density at radius 2 is 2.23 bits per heavy atom. The SMILES string of the molecule is CCCC1(C)C(=O)NCCN1Cc1cnc(CC(F)(F)F)s1. The number of halogens is 3. The van der Waals surface area contributed by atoms with Gasteiger partial charge in [0.25, 0.3) is 0 Å². The number of carbonyl (C=O) groups excluding carboxylic acids is 1. The number of hydrogen-bond acceptors (Lipinski definition) is 4. The molecule has 22 heavy (non-hydrogen) atoms. The zero-order valence-electron chi connectivity index (χ0n) is 12.7. The van der Waals surface area contributed by atoms with Crippen molar-refractivity contribution < 1.29 is 18.0 Å². The van der Waals surface area contributed by atoms with Gasteiger partial charge >= 0.3 is 6.18 Å². The molecule has 0 saturated carbocycles. The maximum Gasteiger partial charge on any atom is 0.395 e. The molecule has 124 valence electrons. The van der Waals surface area contributed by atoms with Crippen molar-refractivity contribution in [2.45, 2.75) is 51.4 Å². The third-order valence-corrected chi connectivity index (χ3v) is 4.87. The van der Waals surface area contributed by atoms with E-state index in [4.69, 9.17) is 0 Å². The third-order valence-electron chi connectivity index (χ3n) is 3.89. The second-order valence-electron chi connectivity index (χ2n) is 5.71. The van der Waals surface area contributed by atoms with Crippen molar-refractivity contribution in [3.05, 3.63) is 16.1 Å². The van der Waals surface area contributed by atoms with E-state index in [-0.39, 0.29) is 10.9 Å². The number of hydrogen-bond donors (Lipinski definition) is 1. The predicted molar refractivity (Wildman–Crippen MR) is 78.6 cm³/mol. The molecule has 1 N–H and O–H groups in total. The molecular weight excluding hydrogens is 315 g/mol. The fourth-order valence-electron chi connectivity index (χ4n) is 2.76. The van der Waals surface area contributed by atoms with Gasteiger partial charge in [0.05, 0.1) is 12.0 Å². The lowest BCUT2D eigenvalue weighted by atomic mass is 9.90. The highest BCUT2D eigenvalue weighted by Crippen LogP contribution is 2.29. The Labute approximate surface area is 131 Å². The number of nitrogens with zero attached hydrogens (tertiary/aromatic N) is 2. The van der Waals surface area contributed by atoms with E-state index in [9.17, 15) is 18.0 Å². The first-order valence-corrected chi connectivity index (χ1v) is 8.10. The van der Waals surface area contributed by atoms with Crippen LogP contribution in [0.2, 0.25) is 0 Å². The van der Waals surface area contributed by atoms with Crippen molar-refractivity contribution in [3.8, 4) is 0 Å². The molecular formula is C14H20F3N3OS. The number of thiazole rings is 1. The van der Waals surface area contributed by atoms with Gasteiger partial charge in [0.2, 0.25) is 5.91 Å². The maximum absolute atomic E-state index is 12.4. The second-order valence-corrected chi connectivity index (χ2v) is 6.91. The summed E-state index contributed by atoms with van der Waals surface area (Å²) < 4.78 is 37.2. The van der Waals surface area contributed by atoms with Crippen LogP contribution in [-0.4, -0.2) is 40.6 Å². The first-order chi connectivity index (χ1) is 10.2. The number of piperazine rings is 1. The molecule has 1 aliphatic rings. The smallest absolute Gasteiger partial charge is 0.353 e. The van der Waals surface area contributed by atoms with Crippen molar-refractivity contribution in [1.29, 1.82) is 0 Å². The van der Waals surface area contributed by atoms with Crippen LogP contribution in [0.5, 0.6) is 0 Å². The molecule has 0 bridgehead atoms. The summed E-state index contributed by atoms with van der Waals surface area (Å²) in [7, 11) is 0. The lowest BCUT2D eigenvalue weighted by Gasteiger charge is -2.43. The summed E-state index contributed by atoms with van der Waals surface area (Å²) >= 11 is 1.07. The largest absolute Gasteiger partial charge is 0.395 e. The van der Waals surface area contributed by atoms with E-state index in [2.05, 4.69) is 10.3 Å². The molecule has 0 radical (unpaired) electrons. The van der Waals surface area contributed by atoms with Crippen molar-refractivity contribution >= 4 is 17.2 Å². The average Bonchev–Trinajstić information content (AvgIpc) is 2.81. The fourth-order valence-corrected chi connectivity index (χ4v) is 3.73. The van der Waals surface area contributed by atoms with Crippen LogP contribution in [0.25, 0.3) is 0 Å². The maximum atomic E-state index is 12.4. The number of carbonyl (C=O) groups is 1. The molecule has 1 saturated heterocycles. The van der Waals surface area contributed by atoms with E-state index < -0.39 is 18.1 Å². The minimum Gasteiger partial charge on any atom is -0.353 e. The molecule has 1 aliphatic heterocycles. The van der Waals surface area contributed by atoms with Gasteiger partial charge in [-0.3, -0.25) is 9.69 Å². The summed E-state index contributed by atoms with van der Waals surface area (Å²) in [6.45, 7) is 5.61. The molecule has 1 fully saturated rings. The van der Waals surface area contributed by atoms with Crippen molar-refractivity contribution in [1.82, 2.24) is 15.2 Å². The quantitative estimate of drug-likeness (QED) is 0.900. The minimum absolute atomic E-state index is 0.0133. The monoisotopic (exact) mass is 335 g/mol. The lowest BCUT2D eigenvalue weighted by Crippen LogP contribution is -2.62. The molecule has 1 unspecified atom stereocenters. The van der Waals surface area contributed by atoms with Crippen LogP contribution < -0.4 is 5.32 Å². The van der Waals surface area contributed by atoms with Crippen LogP contribution in [0, 0.1) is 0 Å². The van der Waals surface area contributed by atoms with Gasteiger partial charge < -0.3 is 5.32 Å². The van der Waals surface area contributed by atoms with E-state index in [1.807, 2.05) is 18.7 Å². The Bertz CT molecular complexity index is 532. The summed E-state index contributed by atoms with van der Waals surface area (Å²) in [5.74, 6) is -0.0133. The second kappa shape index (κ2) is 6.54. The molecule has 2 heterocycles.